The molecule has 3 nitrogen and oxygen atoms in total. The Morgan fingerprint density at radius 1 is 0.786 bits per heavy atom. The molecule has 0 amide bonds. The first-order valence-corrected chi connectivity index (χ1v) is 9.00. The highest BCUT2D eigenvalue weighted by Crippen LogP contribution is 2.33. The monoisotopic (exact) mass is 365 g/mol. The van der Waals surface area contributed by atoms with Gasteiger partial charge < -0.3 is 9.47 Å². The molecule has 0 spiro atoms. The first kappa shape index (κ1) is 17.6. The third-order valence-corrected chi connectivity index (χ3v) is 4.91. The number of fused-ring (bicyclic) bond motifs is 3. The molecule has 4 aromatic carbocycles. The summed E-state index contributed by atoms with van der Waals surface area (Å²) in [5.74, 6) is 1.24. The Kier molecular flexibility index (Phi) is 4.70. The SMILES string of the molecule is COc1ccc(C(C#N)=Cc2cc3ccccc3c3ccccc23)cc1OC. The molecule has 0 saturated heterocycles. The number of allylic oxidation sites excluding steroid dienone is 1. The lowest BCUT2D eigenvalue weighted by Crippen LogP contribution is -1.92. The average Bonchev–Trinajstić information content (AvgIpc) is 2.77. The highest BCUT2D eigenvalue weighted by atomic mass is 16.5. The van der Waals surface area contributed by atoms with Gasteiger partial charge in [0.2, 0.25) is 0 Å². The van der Waals surface area contributed by atoms with E-state index in [1.54, 1.807) is 14.2 Å². The molecule has 0 aromatic heterocycles. The summed E-state index contributed by atoms with van der Waals surface area (Å²) in [5.41, 5.74) is 2.37. The van der Waals surface area contributed by atoms with Gasteiger partial charge in [0.15, 0.2) is 11.5 Å². The van der Waals surface area contributed by atoms with Crippen molar-refractivity contribution in [2.24, 2.45) is 0 Å². The largest absolute Gasteiger partial charge is 0.493 e. The van der Waals surface area contributed by atoms with Crippen LogP contribution < -0.4 is 9.47 Å². The Morgan fingerprint density at radius 2 is 1.46 bits per heavy atom. The maximum Gasteiger partial charge on any atom is 0.161 e. The zero-order chi connectivity index (χ0) is 19.5. The molecule has 28 heavy (non-hydrogen) atoms. The van der Waals surface area contributed by atoms with E-state index < -0.39 is 0 Å². The maximum absolute atomic E-state index is 9.83. The molecule has 0 fully saturated rings. The van der Waals surface area contributed by atoms with Crippen molar-refractivity contribution in [3.8, 4) is 17.6 Å². The summed E-state index contributed by atoms with van der Waals surface area (Å²) in [7, 11) is 3.19. The highest BCUT2D eigenvalue weighted by molar-refractivity contribution is 6.12. The third-order valence-electron chi connectivity index (χ3n) is 4.91. The average molecular weight is 365 g/mol. The van der Waals surface area contributed by atoms with Crippen molar-refractivity contribution >= 4 is 33.2 Å². The van der Waals surface area contributed by atoms with Crippen LogP contribution in [0.1, 0.15) is 11.1 Å². The zero-order valence-electron chi connectivity index (χ0n) is 15.8. The minimum absolute atomic E-state index is 0.571. The Morgan fingerprint density at radius 3 is 2.18 bits per heavy atom. The number of ether oxygens (including phenoxy) is 2. The van der Waals surface area contributed by atoms with Crippen molar-refractivity contribution in [2.75, 3.05) is 14.2 Å². The van der Waals surface area contributed by atoms with Gasteiger partial charge in [-0.25, -0.2) is 0 Å². The summed E-state index contributed by atoms with van der Waals surface area (Å²) in [4.78, 5) is 0. The molecule has 0 unspecified atom stereocenters. The Balaban J connectivity index is 1.93. The van der Waals surface area contributed by atoms with Gasteiger partial charge in [-0.2, -0.15) is 5.26 Å². The first-order valence-electron chi connectivity index (χ1n) is 9.00. The van der Waals surface area contributed by atoms with Crippen LogP contribution in [0.4, 0.5) is 0 Å². The van der Waals surface area contributed by atoms with E-state index >= 15 is 0 Å². The van der Waals surface area contributed by atoms with Crippen molar-refractivity contribution in [2.45, 2.75) is 0 Å². The van der Waals surface area contributed by atoms with Crippen molar-refractivity contribution in [3.63, 3.8) is 0 Å². The smallest absolute Gasteiger partial charge is 0.161 e. The number of nitriles is 1. The minimum Gasteiger partial charge on any atom is -0.493 e. The van der Waals surface area contributed by atoms with E-state index in [1.165, 1.54) is 10.8 Å². The molecule has 0 aliphatic carbocycles. The van der Waals surface area contributed by atoms with E-state index in [-0.39, 0.29) is 0 Å². The fourth-order valence-corrected chi connectivity index (χ4v) is 3.54. The highest BCUT2D eigenvalue weighted by Gasteiger charge is 2.10. The molecule has 0 aliphatic rings. The van der Waals surface area contributed by atoms with Gasteiger partial charge in [0, 0.05) is 0 Å². The molecule has 0 heterocycles. The van der Waals surface area contributed by atoms with Crippen molar-refractivity contribution in [1.82, 2.24) is 0 Å². The van der Waals surface area contributed by atoms with E-state index in [9.17, 15) is 5.26 Å². The van der Waals surface area contributed by atoms with Crippen molar-refractivity contribution < 1.29 is 9.47 Å². The van der Waals surface area contributed by atoms with Gasteiger partial charge in [0.25, 0.3) is 0 Å². The van der Waals surface area contributed by atoms with Crippen molar-refractivity contribution in [3.05, 3.63) is 83.9 Å². The van der Waals surface area contributed by atoms with E-state index in [1.807, 2.05) is 42.5 Å². The molecule has 136 valence electrons. The lowest BCUT2D eigenvalue weighted by atomic mass is 9.95. The summed E-state index contributed by atoms with van der Waals surface area (Å²) < 4.78 is 10.7. The second-order valence-electron chi connectivity index (χ2n) is 6.47. The lowest BCUT2D eigenvalue weighted by Gasteiger charge is -2.10. The Bertz CT molecular complexity index is 1250. The molecule has 0 saturated carbocycles. The van der Waals surface area contributed by atoms with Crippen LogP contribution in [0.5, 0.6) is 11.5 Å². The fourth-order valence-electron chi connectivity index (χ4n) is 3.54. The molecular formula is C25H19NO2. The summed E-state index contributed by atoms with van der Waals surface area (Å²) >= 11 is 0. The summed E-state index contributed by atoms with van der Waals surface area (Å²) in [5, 5.41) is 14.5. The zero-order valence-corrected chi connectivity index (χ0v) is 15.8. The van der Waals surface area contributed by atoms with Crippen LogP contribution in [-0.2, 0) is 0 Å². The molecule has 0 atom stereocenters. The van der Waals surface area contributed by atoms with Crippen LogP contribution in [0.3, 0.4) is 0 Å². The fraction of sp³-hybridized carbons (Fsp3) is 0.0800. The molecule has 0 radical (unpaired) electrons. The molecule has 4 rings (SSSR count). The summed E-state index contributed by atoms with van der Waals surface area (Å²) in [6, 6.07) is 26.6. The van der Waals surface area contributed by atoms with Gasteiger partial charge in [-0.1, -0.05) is 48.5 Å². The third kappa shape index (κ3) is 3.06. The minimum atomic E-state index is 0.571. The molecule has 4 aromatic rings. The molecule has 0 aliphatic heterocycles. The Hall–Kier alpha value is -3.77. The predicted octanol–water partition coefficient (Wildman–Crippen LogP) is 6.07. The molecule has 0 N–H and O–H groups in total. The van der Waals surface area contributed by atoms with Crippen LogP contribution in [-0.4, -0.2) is 14.2 Å². The van der Waals surface area contributed by atoms with Gasteiger partial charge in [0.05, 0.1) is 25.9 Å². The van der Waals surface area contributed by atoms with Gasteiger partial charge in [-0.3, -0.25) is 0 Å². The maximum atomic E-state index is 9.83. The second kappa shape index (κ2) is 7.46. The molecule has 3 heteroatoms. The number of methoxy groups -OCH3 is 2. The Labute approximate surface area is 164 Å². The van der Waals surface area contributed by atoms with Crippen LogP contribution in [0.2, 0.25) is 0 Å². The number of nitrogens with zero attached hydrogens (tertiary/aromatic N) is 1. The lowest BCUT2D eigenvalue weighted by molar-refractivity contribution is 0.355. The normalized spacial score (nSPS) is 11.4. The standard InChI is InChI=1S/C25H19NO2/c1-27-24-12-11-17(15-25(24)28-2)20(16-26)14-19-13-18-7-3-4-8-21(18)23-10-6-5-9-22(19)23/h3-15H,1-2H3. The van der Waals surface area contributed by atoms with E-state index in [0.717, 1.165) is 21.9 Å². The van der Waals surface area contributed by atoms with Gasteiger partial charge in [0.1, 0.15) is 0 Å². The summed E-state index contributed by atoms with van der Waals surface area (Å²) in [6.45, 7) is 0. The van der Waals surface area contributed by atoms with Gasteiger partial charge in [-0.15, -0.1) is 0 Å². The van der Waals surface area contributed by atoms with Crippen molar-refractivity contribution in [1.29, 1.82) is 5.26 Å². The van der Waals surface area contributed by atoms with E-state index in [2.05, 4.69) is 42.5 Å². The number of hydrogen-bond donors (Lipinski definition) is 0. The van der Waals surface area contributed by atoms with Gasteiger partial charge in [-0.05, 0) is 63.0 Å². The van der Waals surface area contributed by atoms with Gasteiger partial charge >= 0.3 is 0 Å². The number of hydrogen-bond acceptors (Lipinski definition) is 3. The number of rotatable bonds is 4. The predicted molar refractivity (Wildman–Crippen MR) is 114 cm³/mol. The van der Waals surface area contributed by atoms with Crippen LogP contribution >= 0.6 is 0 Å². The quantitative estimate of drug-likeness (QED) is 0.250. The summed E-state index contributed by atoms with van der Waals surface area (Å²) in [6.07, 6.45) is 1.94. The van der Waals surface area contributed by atoms with Crippen LogP contribution in [0, 0.1) is 11.3 Å². The number of benzene rings is 4. The van der Waals surface area contributed by atoms with Crippen LogP contribution in [0.25, 0.3) is 33.2 Å². The molecule has 0 bridgehead atoms. The van der Waals surface area contributed by atoms with E-state index in [4.69, 9.17) is 9.47 Å². The first-order chi connectivity index (χ1) is 13.7. The topological polar surface area (TPSA) is 42.2 Å². The second-order valence-corrected chi connectivity index (χ2v) is 6.47. The van der Waals surface area contributed by atoms with Crippen LogP contribution in [0.15, 0.2) is 72.8 Å². The molecular weight excluding hydrogens is 346 g/mol. The van der Waals surface area contributed by atoms with E-state index in [0.29, 0.717) is 17.1 Å².